The van der Waals surface area contributed by atoms with E-state index >= 15 is 0 Å². The second-order valence-electron chi connectivity index (χ2n) is 4.73. The van der Waals surface area contributed by atoms with Crippen molar-refractivity contribution in [2.24, 2.45) is 10.9 Å². The maximum Gasteiger partial charge on any atom is 0.157 e. The molecule has 0 aliphatic carbocycles. The van der Waals surface area contributed by atoms with Gasteiger partial charge in [0.05, 0.1) is 23.8 Å². The molecule has 1 atom stereocenters. The van der Waals surface area contributed by atoms with E-state index in [-0.39, 0.29) is 0 Å². The Bertz CT molecular complexity index is 398. The molecule has 0 radical (unpaired) electrons. The van der Waals surface area contributed by atoms with Crippen molar-refractivity contribution in [2.75, 3.05) is 6.54 Å². The first-order valence-electron chi connectivity index (χ1n) is 5.99. The number of thiazole rings is 1. The fraction of sp³-hybridized carbons (Fsp3) is 0.667. The standard InChI is InChI=1S/C12H19N3S2/c1-8(2)4-11-6-14-12(17-11)13-5-10-7-16-9(3)15-10/h7-8,11H,4-6H2,1-3H3,(H,13,14). The van der Waals surface area contributed by atoms with E-state index in [2.05, 4.69) is 34.5 Å². The molecular formula is C12H19N3S2. The molecule has 0 saturated carbocycles. The Morgan fingerprint density at radius 1 is 1.53 bits per heavy atom. The topological polar surface area (TPSA) is 37.3 Å². The predicted octanol–water partition coefficient (Wildman–Crippen LogP) is 3.06. The van der Waals surface area contributed by atoms with Gasteiger partial charge in [-0.3, -0.25) is 4.99 Å². The molecular weight excluding hydrogens is 250 g/mol. The largest absolute Gasteiger partial charge is 0.359 e. The number of nitrogens with one attached hydrogen (secondary N) is 1. The molecule has 0 aromatic carbocycles. The fourth-order valence-electron chi connectivity index (χ4n) is 1.82. The number of amidine groups is 1. The van der Waals surface area contributed by atoms with Crippen molar-refractivity contribution in [2.45, 2.75) is 39.0 Å². The first-order valence-corrected chi connectivity index (χ1v) is 7.75. The molecule has 1 aromatic rings. The van der Waals surface area contributed by atoms with Gasteiger partial charge in [-0.25, -0.2) is 4.98 Å². The summed E-state index contributed by atoms with van der Waals surface area (Å²) in [5.41, 5.74) is 1.11. The molecule has 1 aromatic heterocycles. The van der Waals surface area contributed by atoms with Crippen LogP contribution in [0.1, 0.15) is 31.0 Å². The van der Waals surface area contributed by atoms with Crippen LogP contribution in [0.25, 0.3) is 0 Å². The maximum absolute atomic E-state index is 4.54. The summed E-state index contributed by atoms with van der Waals surface area (Å²) in [5.74, 6) is 0.753. The smallest absolute Gasteiger partial charge is 0.157 e. The van der Waals surface area contributed by atoms with Crippen LogP contribution in [-0.2, 0) is 6.54 Å². The number of aliphatic imine (C=N–C) groups is 1. The first kappa shape index (κ1) is 12.9. The molecule has 1 aliphatic heterocycles. The minimum absolute atomic E-state index is 0.662. The molecule has 0 bridgehead atoms. The number of hydrogen-bond donors (Lipinski definition) is 1. The fourth-order valence-corrected chi connectivity index (χ4v) is 3.68. The van der Waals surface area contributed by atoms with E-state index in [9.17, 15) is 0 Å². The van der Waals surface area contributed by atoms with E-state index < -0.39 is 0 Å². The molecule has 5 heteroatoms. The van der Waals surface area contributed by atoms with Gasteiger partial charge in [0, 0.05) is 10.6 Å². The van der Waals surface area contributed by atoms with E-state index in [4.69, 9.17) is 0 Å². The quantitative estimate of drug-likeness (QED) is 0.913. The van der Waals surface area contributed by atoms with Gasteiger partial charge < -0.3 is 5.32 Å². The van der Waals surface area contributed by atoms with Crippen LogP contribution >= 0.6 is 23.1 Å². The van der Waals surface area contributed by atoms with E-state index in [0.29, 0.717) is 5.25 Å². The monoisotopic (exact) mass is 269 g/mol. The number of rotatable bonds is 4. The molecule has 0 spiro atoms. The van der Waals surface area contributed by atoms with Crippen molar-refractivity contribution in [3.05, 3.63) is 16.1 Å². The third-order valence-corrected chi connectivity index (χ3v) is 4.53. The van der Waals surface area contributed by atoms with E-state index in [0.717, 1.165) is 34.9 Å². The number of thioether (sulfide) groups is 1. The zero-order valence-corrected chi connectivity index (χ0v) is 12.2. The van der Waals surface area contributed by atoms with Crippen molar-refractivity contribution in [3.8, 4) is 0 Å². The van der Waals surface area contributed by atoms with E-state index in [1.165, 1.54) is 6.42 Å². The summed E-state index contributed by atoms with van der Waals surface area (Å²) in [6.07, 6.45) is 1.25. The first-order chi connectivity index (χ1) is 8.13. The lowest BCUT2D eigenvalue weighted by atomic mass is 10.1. The van der Waals surface area contributed by atoms with Gasteiger partial charge in [0.15, 0.2) is 5.17 Å². The minimum Gasteiger partial charge on any atom is -0.359 e. The summed E-state index contributed by atoms with van der Waals surface area (Å²) in [7, 11) is 0. The molecule has 1 N–H and O–H groups in total. The summed E-state index contributed by atoms with van der Waals surface area (Å²) in [6.45, 7) is 8.33. The van der Waals surface area contributed by atoms with Crippen LogP contribution in [0.3, 0.4) is 0 Å². The molecule has 0 fully saturated rings. The number of hydrogen-bond acceptors (Lipinski definition) is 5. The average molecular weight is 269 g/mol. The zero-order chi connectivity index (χ0) is 12.3. The average Bonchev–Trinajstić information content (AvgIpc) is 2.84. The van der Waals surface area contributed by atoms with Crippen molar-refractivity contribution in [1.29, 1.82) is 0 Å². The van der Waals surface area contributed by atoms with Crippen molar-refractivity contribution in [1.82, 2.24) is 10.3 Å². The van der Waals surface area contributed by atoms with Gasteiger partial charge in [0.2, 0.25) is 0 Å². The Hall–Kier alpha value is -0.550. The predicted molar refractivity (Wildman–Crippen MR) is 76.8 cm³/mol. The normalized spacial score (nSPS) is 19.8. The molecule has 1 unspecified atom stereocenters. The summed E-state index contributed by atoms with van der Waals surface area (Å²) < 4.78 is 0. The van der Waals surface area contributed by atoms with Gasteiger partial charge in [-0.2, -0.15) is 0 Å². The van der Waals surface area contributed by atoms with Crippen LogP contribution in [0.2, 0.25) is 0 Å². The summed E-state index contributed by atoms with van der Waals surface area (Å²) in [4.78, 5) is 8.97. The molecule has 2 rings (SSSR count). The Morgan fingerprint density at radius 3 is 3.00 bits per heavy atom. The van der Waals surface area contributed by atoms with E-state index in [1.807, 2.05) is 18.7 Å². The van der Waals surface area contributed by atoms with Crippen LogP contribution in [-0.4, -0.2) is 21.9 Å². The molecule has 0 saturated heterocycles. The highest BCUT2D eigenvalue weighted by Crippen LogP contribution is 2.25. The highest BCUT2D eigenvalue weighted by Gasteiger charge is 2.20. The molecule has 2 heterocycles. The van der Waals surface area contributed by atoms with Crippen LogP contribution in [0.4, 0.5) is 0 Å². The van der Waals surface area contributed by atoms with Crippen LogP contribution < -0.4 is 5.32 Å². The zero-order valence-electron chi connectivity index (χ0n) is 10.6. The molecule has 1 aliphatic rings. The van der Waals surface area contributed by atoms with Crippen molar-refractivity contribution >= 4 is 28.3 Å². The van der Waals surface area contributed by atoms with Gasteiger partial charge >= 0.3 is 0 Å². The minimum atomic E-state index is 0.662. The maximum atomic E-state index is 4.54. The summed E-state index contributed by atoms with van der Waals surface area (Å²) >= 11 is 3.58. The Balaban J connectivity index is 1.74. The summed E-state index contributed by atoms with van der Waals surface area (Å²) in [6, 6.07) is 0. The van der Waals surface area contributed by atoms with Gasteiger partial charge in [-0.1, -0.05) is 25.6 Å². The SMILES string of the molecule is Cc1nc(CNC2=NCC(CC(C)C)S2)cs1. The highest BCUT2D eigenvalue weighted by molar-refractivity contribution is 8.14. The van der Waals surface area contributed by atoms with Crippen LogP contribution in [0.5, 0.6) is 0 Å². The number of aryl methyl sites for hydroxylation is 1. The van der Waals surface area contributed by atoms with Gasteiger partial charge in [0.25, 0.3) is 0 Å². The number of nitrogens with zero attached hydrogens (tertiary/aromatic N) is 2. The third-order valence-electron chi connectivity index (χ3n) is 2.54. The van der Waals surface area contributed by atoms with Crippen LogP contribution in [0, 0.1) is 12.8 Å². The Kier molecular flexibility index (Phi) is 4.45. The van der Waals surface area contributed by atoms with Crippen molar-refractivity contribution in [3.63, 3.8) is 0 Å². The van der Waals surface area contributed by atoms with Gasteiger partial charge in [0.1, 0.15) is 0 Å². The summed E-state index contributed by atoms with van der Waals surface area (Å²) in [5, 5.41) is 8.35. The Labute approximate surface area is 111 Å². The third kappa shape index (κ3) is 4.00. The molecule has 17 heavy (non-hydrogen) atoms. The Morgan fingerprint density at radius 2 is 2.35 bits per heavy atom. The molecule has 3 nitrogen and oxygen atoms in total. The lowest BCUT2D eigenvalue weighted by molar-refractivity contribution is 0.575. The lowest BCUT2D eigenvalue weighted by Crippen LogP contribution is -2.19. The van der Waals surface area contributed by atoms with Crippen LogP contribution in [0.15, 0.2) is 10.4 Å². The van der Waals surface area contributed by atoms with Crippen molar-refractivity contribution < 1.29 is 0 Å². The van der Waals surface area contributed by atoms with Gasteiger partial charge in [-0.05, 0) is 19.3 Å². The van der Waals surface area contributed by atoms with Gasteiger partial charge in [-0.15, -0.1) is 11.3 Å². The molecule has 94 valence electrons. The highest BCUT2D eigenvalue weighted by atomic mass is 32.2. The second kappa shape index (κ2) is 5.87. The van der Waals surface area contributed by atoms with E-state index in [1.54, 1.807) is 11.3 Å². The lowest BCUT2D eigenvalue weighted by Gasteiger charge is -2.10. The second-order valence-corrected chi connectivity index (χ2v) is 7.08. The molecule has 0 amide bonds. The number of aromatic nitrogens is 1.